The first kappa shape index (κ1) is 14.9. The molecule has 1 N–H and O–H groups in total. The molecule has 0 bridgehead atoms. The normalized spacial score (nSPS) is 18.7. The molecule has 2 heteroatoms. The summed E-state index contributed by atoms with van der Waals surface area (Å²) in [5.41, 5.74) is 2.88. The lowest BCUT2D eigenvalue weighted by Crippen LogP contribution is -2.34. The smallest absolute Gasteiger partial charge is 0.0294 e. The molecule has 0 spiro atoms. The predicted octanol–water partition coefficient (Wildman–Crippen LogP) is 4.43. The van der Waals surface area contributed by atoms with Gasteiger partial charge in [-0.3, -0.25) is 0 Å². The van der Waals surface area contributed by atoms with E-state index in [0.29, 0.717) is 12.1 Å². The summed E-state index contributed by atoms with van der Waals surface area (Å²) in [7, 11) is 0. The molecule has 1 fully saturated rings. The van der Waals surface area contributed by atoms with E-state index in [9.17, 15) is 0 Å². The second-order valence-corrected chi connectivity index (χ2v) is 7.34. The van der Waals surface area contributed by atoms with Crippen molar-refractivity contribution < 1.29 is 0 Å². The van der Waals surface area contributed by atoms with E-state index in [-0.39, 0.29) is 0 Å². The van der Waals surface area contributed by atoms with Gasteiger partial charge in [0, 0.05) is 12.1 Å². The summed E-state index contributed by atoms with van der Waals surface area (Å²) in [6.07, 6.45) is 3.82. The molecular weight excluding hydrogens is 250 g/mol. The maximum atomic E-state index is 3.78. The molecule has 1 aromatic rings. The first-order chi connectivity index (χ1) is 9.15. The van der Waals surface area contributed by atoms with Crippen LogP contribution < -0.4 is 5.32 Å². The highest BCUT2D eigenvalue weighted by atomic mass is 32.2. The summed E-state index contributed by atoms with van der Waals surface area (Å²) >= 11 is 2.09. The Bertz CT molecular complexity index is 365. The molecule has 1 unspecified atom stereocenters. The van der Waals surface area contributed by atoms with E-state index >= 15 is 0 Å². The average Bonchev–Trinajstić information content (AvgIpc) is 2.40. The van der Waals surface area contributed by atoms with E-state index in [0.717, 1.165) is 5.92 Å². The Hall–Kier alpha value is -0.470. The number of benzene rings is 1. The van der Waals surface area contributed by atoms with Crippen LogP contribution in [0.5, 0.6) is 0 Å². The Labute approximate surface area is 122 Å². The van der Waals surface area contributed by atoms with Crippen molar-refractivity contribution in [2.75, 3.05) is 11.5 Å². The summed E-state index contributed by atoms with van der Waals surface area (Å²) < 4.78 is 0. The van der Waals surface area contributed by atoms with E-state index in [4.69, 9.17) is 0 Å². The standard InChI is InChI=1S/C17H27NS/c1-13(2)12-15-4-6-16(7-5-15)14(3)18-17-8-10-19-11-9-17/h4-7,13-14,17-18H,8-12H2,1-3H3. The average molecular weight is 277 g/mol. The molecule has 0 radical (unpaired) electrons. The Morgan fingerprint density at radius 3 is 2.32 bits per heavy atom. The second-order valence-electron chi connectivity index (χ2n) is 6.11. The lowest BCUT2D eigenvalue weighted by molar-refractivity contribution is 0.431. The number of rotatable bonds is 5. The molecule has 1 aliphatic heterocycles. The first-order valence-electron chi connectivity index (χ1n) is 7.58. The van der Waals surface area contributed by atoms with Gasteiger partial charge in [-0.2, -0.15) is 11.8 Å². The number of nitrogens with one attached hydrogen (secondary N) is 1. The van der Waals surface area contributed by atoms with Gasteiger partial charge in [0.2, 0.25) is 0 Å². The molecule has 1 saturated heterocycles. The van der Waals surface area contributed by atoms with Crippen molar-refractivity contribution in [3.05, 3.63) is 35.4 Å². The highest BCUT2D eigenvalue weighted by Gasteiger charge is 2.16. The number of hydrogen-bond donors (Lipinski definition) is 1. The summed E-state index contributed by atoms with van der Waals surface area (Å²) in [4.78, 5) is 0. The van der Waals surface area contributed by atoms with E-state index in [1.165, 1.54) is 41.9 Å². The van der Waals surface area contributed by atoms with Gasteiger partial charge in [0.15, 0.2) is 0 Å². The molecule has 1 heterocycles. The molecule has 0 saturated carbocycles. The molecule has 1 nitrogen and oxygen atoms in total. The lowest BCUT2D eigenvalue weighted by Gasteiger charge is -2.26. The van der Waals surface area contributed by atoms with Gasteiger partial charge in [0.1, 0.15) is 0 Å². The van der Waals surface area contributed by atoms with Gasteiger partial charge >= 0.3 is 0 Å². The zero-order chi connectivity index (χ0) is 13.7. The second kappa shape index (κ2) is 7.35. The topological polar surface area (TPSA) is 12.0 Å². The van der Waals surface area contributed by atoms with Crippen molar-refractivity contribution >= 4 is 11.8 Å². The Morgan fingerprint density at radius 1 is 1.11 bits per heavy atom. The van der Waals surface area contributed by atoms with Crippen molar-refractivity contribution in [3.8, 4) is 0 Å². The maximum Gasteiger partial charge on any atom is 0.0294 e. The van der Waals surface area contributed by atoms with E-state index in [1.807, 2.05) is 0 Å². The largest absolute Gasteiger partial charge is 0.307 e. The van der Waals surface area contributed by atoms with Crippen LogP contribution in [0.1, 0.15) is 50.8 Å². The van der Waals surface area contributed by atoms with Crippen LogP contribution in [0.25, 0.3) is 0 Å². The lowest BCUT2D eigenvalue weighted by atomic mass is 9.99. The monoisotopic (exact) mass is 277 g/mol. The zero-order valence-corrected chi connectivity index (χ0v) is 13.3. The van der Waals surface area contributed by atoms with Crippen LogP contribution in [0, 0.1) is 5.92 Å². The Balaban J connectivity index is 1.89. The molecule has 106 valence electrons. The molecule has 2 rings (SSSR count). The zero-order valence-electron chi connectivity index (χ0n) is 12.5. The van der Waals surface area contributed by atoms with E-state index < -0.39 is 0 Å². The molecule has 0 amide bonds. The van der Waals surface area contributed by atoms with Gasteiger partial charge < -0.3 is 5.32 Å². The molecule has 1 aromatic carbocycles. The molecule has 1 atom stereocenters. The molecule has 1 aliphatic rings. The highest BCUT2D eigenvalue weighted by Crippen LogP contribution is 2.21. The third-order valence-corrected chi connectivity index (χ3v) is 4.88. The summed E-state index contributed by atoms with van der Waals surface area (Å²) in [6, 6.07) is 10.4. The van der Waals surface area contributed by atoms with Crippen LogP contribution in [0.4, 0.5) is 0 Å². The van der Waals surface area contributed by atoms with Crippen LogP contribution in [0.3, 0.4) is 0 Å². The van der Waals surface area contributed by atoms with Crippen LogP contribution in [0.15, 0.2) is 24.3 Å². The fourth-order valence-electron chi connectivity index (χ4n) is 2.73. The summed E-state index contributed by atoms with van der Waals surface area (Å²) in [5.74, 6) is 3.37. The van der Waals surface area contributed by atoms with E-state index in [2.05, 4.69) is 62.1 Å². The molecule has 19 heavy (non-hydrogen) atoms. The summed E-state index contributed by atoms with van der Waals surface area (Å²) in [5, 5.41) is 3.78. The van der Waals surface area contributed by atoms with Gasteiger partial charge in [-0.1, -0.05) is 38.1 Å². The van der Waals surface area contributed by atoms with Crippen molar-refractivity contribution in [1.29, 1.82) is 0 Å². The Kier molecular flexibility index (Phi) is 5.77. The third-order valence-electron chi connectivity index (χ3n) is 3.83. The fraction of sp³-hybridized carbons (Fsp3) is 0.647. The summed E-state index contributed by atoms with van der Waals surface area (Å²) in [6.45, 7) is 6.84. The first-order valence-corrected chi connectivity index (χ1v) is 8.73. The van der Waals surface area contributed by atoms with Gasteiger partial charge in [-0.05, 0) is 54.7 Å². The number of hydrogen-bond acceptors (Lipinski definition) is 2. The predicted molar refractivity (Wildman–Crippen MR) is 86.9 cm³/mol. The van der Waals surface area contributed by atoms with E-state index in [1.54, 1.807) is 0 Å². The quantitative estimate of drug-likeness (QED) is 0.854. The van der Waals surface area contributed by atoms with Crippen molar-refractivity contribution in [3.63, 3.8) is 0 Å². The minimum atomic E-state index is 0.473. The maximum absolute atomic E-state index is 3.78. The number of thioether (sulfide) groups is 1. The van der Waals surface area contributed by atoms with Crippen molar-refractivity contribution in [2.24, 2.45) is 5.92 Å². The van der Waals surface area contributed by atoms with Gasteiger partial charge in [0.05, 0.1) is 0 Å². The van der Waals surface area contributed by atoms with Crippen LogP contribution in [-0.4, -0.2) is 17.5 Å². The van der Waals surface area contributed by atoms with Crippen molar-refractivity contribution in [2.45, 2.75) is 52.1 Å². The molecular formula is C17H27NS. The van der Waals surface area contributed by atoms with Crippen LogP contribution in [-0.2, 0) is 6.42 Å². The highest BCUT2D eigenvalue weighted by molar-refractivity contribution is 7.99. The van der Waals surface area contributed by atoms with Gasteiger partial charge in [0.25, 0.3) is 0 Å². The van der Waals surface area contributed by atoms with Gasteiger partial charge in [-0.25, -0.2) is 0 Å². The molecule has 0 aliphatic carbocycles. The minimum absolute atomic E-state index is 0.473. The van der Waals surface area contributed by atoms with Crippen LogP contribution >= 0.6 is 11.8 Å². The SMILES string of the molecule is CC(C)Cc1ccc(C(C)NC2CCSCC2)cc1. The van der Waals surface area contributed by atoms with Crippen molar-refractivity contribution in [1.82, 2.24) is 5.32 Å². The Morgan fingerprint density at radius 2 is 1.74 bits per heavy atom. The minimum Gasteiger partial charge on any atom is -0.307 e. The van der Waals surface area contributed by atoms with Gasteiger partial charge in [-0.15, -0.1) is 0 Å². The van der Waals surface area contributed by atoms with Crippen LogP contribution in [0.2, 0.25) is 0 Å². The fourth-order valence-corrected chi connectivity index (χ4v) is 3.83. The third kappa shape index (κ3) is 4.85. The molecule has 0 aromatic heterocycles.